The molecular formula is C21H18ClF4N5O. The lowest BCUT2D eigenvalue weighted by Crippen LogP contribution is -2.65. The van der Waals surface area contributed by atoms with E-state index in [2.05, 4.69) is 20.6 Å². The van der Waals surface area contributed by atoms with Crippen molar-refractivity contribution in [2.45, 2.75) is 11.6 Å². The van der Waals surface area contributed by atoms with Crippen molar-refractivity contribution < 1.29 is 22.4 Å². The first-order chi connectivity index (χ1) is 15.1. The van der Waals surface area contributed by atoms with Crippen molar-refractivity contribution in [2.75, 3.05) is 32.0 Å². The molecule has 3 aromatic rings. The van der Waals surface area contributed by atoms with Crippen LogP contribution in [-0.2, 0) is 11.6 Å². The second-order valence-electron chi connectivity index (χ2n) is 7.62. The van der Waals surface area contributed by atoms with Crippen molar-refractivity contribution in [3.05, 3.63) is 64.8 Å². The Morgan fingerprint density at radius 2 is 1.97 bits per heavy atom. The van der Waals surface area contributed by atoms with Crippen LogP contribution >= 0.6 is 11.6 Å². The lowest BCUT2D eigenvalue weighted by Gasteiger charge is -2.49. The molecule has 2 amide bonds. The normalized spacial score (nSPS) is 15.4. The Hall–Kier alpha value is -3.14. The molecular weight excluding hydrogens is 450 g/mol. The number of likely N-dealkylation sites (tertiary alicyclic amines) is 1. The second-order valence-corrected chi connectivity index (χ2v) is 8.06. The molecule has 168 valence electrons. The van der Waals surface area contributed by atoms with Gasteiger partial charge in [-0.25, -0.2) is 14.2 Å². The van der Waals surface area contributed by atoms with Gasteiger partial charge >= 0.3 is 12.2 Å². The number of alkyl halides is 3. The largest absolute Gasteiger partial charge is 0.433 e. The van der Waals surface area contributed by atoms with E-state index in [9.17, 15) is 22.4 Å². The fraction of sp³-hybridized carbons (Fsp3) is 0.286. The average molecular weight is 468 g/mol. The Kier molecular flexibility index (Phi) is 5.58. The molecule has 2 N–H and O–H groups in total. The molecule has 0 unspecified atom stereocenters. The number of anilines is 1. The van der Waals surface area contributed by atoms with E-state index in [0.717, 1.165) is 12.3 Å². The van der Waals surface area contributed by atoms with E-state index in [-0.39, 0.29) is 36.9 Å². The van der Waals surface area contributed by atoms with E-state index >= 15 is 0 Å². The minimum Gasteiger partial charge on any atom is -0.383 e. The summed E-state index contributed by atoms with van der Waals surface area (Å²) in [7, 11) is 1.50. The predicted octanol–water partition coefficient (Wildman–Crippen LogP) is 4.45. The summed E-state index contributed by atoms with van der Waals surface area (Å²) < 4.78 is 53.6. The van der Waals surface area contributed by atoms with E-state index in [1.54, 1.807) is 0 Å². The molecule has 3 heterocycles. The number of pyridine rings is 2. The summed E-state index contributed by atoms with van der Waals surface area (Å²) in [4.78, 5) is 21.4. The molecule has 32 heavy (non-hydrogen) atoms. The number of urea groups is 1. The third kappa shape index (κ3) is 4.14. The van der Waals surface area contributed by atoms with Crippen molar-refractivity contribution in [3.8, 4) is 0 Å². The first-order valence-electron chi connectivity index (χ1n) is 9.61. The molecule has 0 bridgehead atoms. The van der Waals surface area contributed by atoms with Crippen LogP contribution in [0, 0.1) is 5.82 Å². The molecule has 6 nitrogen and oxygen atoms in total. The van der Waals surface area contributed by atoms with Crippen LogP contribution in [0.4, 0.5) is 28.0 Å². The molecule has 1 fully saturated rings. The highest BCUT2D eigenvalue weighted by atomic mass is 35.5. The lowest BCUT2D eigenvalue weighted by molar-refractivity contribution is -0.140. The van der Waals surface area contributed by atoms with E-state index < -0.39 is 23.1 Å². The maximum Gasteiger partial charge on any atom is 0.433 e. The quantitative estimate of drug-likeness (QED) is 0.556. The van der Waals surface area contributed by atoms with Gasteiger partial charge in [0, 0.05) is 42.8 Å². The minimum absolute atomic E-state index is 0.140. The average Bonchev–Trinajstić information content (AvgIpc) is 2.72. The van der Waals surface area contributed by atoms with Gasteiger partial charge in [0.05, 0.1) is 22.8 Å². The van der Waals surface area contributed by atoms with E-state index in [4.69, 9.17) is 11.6 Å². The Morgan fingerprint density at radius 1 is 1.22 bits per heavy atom. The summed E-state index contributed by atoms with van der Waals surface area (Å²) in [5.74, 6) is -0.510. The number of halogens is 5. The Balaban J connectivity index is 1.70. The molecule has 0 spiro atoms. The summed E-state index contributed by atoms with van der Waals surface area (Å²) >= 11 is 6.06. The van der Waals surface area contributed by atoms with Gasteiger partial charge in [-0.3, -0.25) is 4.98 Å². The van der Waals surface area contributed by atoms with Crippen LogP contribution in [0.2, 0.25) is 5.02 Å². The van der Waals surface area contributed by atoms with Crippen molar-refractivity contribution in [3.63, 3.8) is 0 Å². The Labute approximate surface area is 185 Å². The van der Waals surface area contributed by atoms with Crippen LogP contribution in [0.3, 0.4) is 0 Å². The SMILES string of the molecule is CNC(=O)N1CC(CNc2cc(C(F)(F)F)nc3ccc(Cl)cc23)(c2ccc(F)cn2)C1. The molecule has 2 aromatic heterocycles. The second kappa shape index (κ2) is 8.09. The maximum absolute atomic E-state index is 13.4. The number of nitrogens with one attached hydrogen (secondary N) is 2. The van der Waals surface area contributed by atoms with Crippen LogP contribution in [-0.4, -0.2) is 47.6 Å². The number of rotatable bonds is 4. The molecule has 1 aromatic carbocycles. The first kappa shape index (κ1) is 22.1. The van der Waals surface area contributed by atoms with Gasteiger partial charge in [0.2, 0.25) is 0 Å². The fourth-order valence-electron chi connectivity index (χ4n) is 3.79. The number of benzene rings is 1. The number of carbonyl (C=O) groups is 1. The topological polar surface area (TPSA) is 70.2 Å². The van der Waals surface area contributed by atoms with Crippen LogP contribution in [0.1, 0.15) is 11.4 Å². The van der Waals surface area contributed by atoms with Crippen molar-refractivity contribution >= 4 is 34.2 Å². The molecule has 1 aliphatic rings. The molecule has 1 saturated heterocycles. The number of carbonyl (C=O) groups excluding carboxylic acids is 1. The van der Waals surface area contributed by atoms with Crippen LogP contribution in [0.5, 0.6) is 0 Å². The van der Waals surface area contributed by atoms with Gasteiger partial charge in [-0.1, -0.05) is 11.6 Å². The van der Waals surface area contributed by atoms with Gasteiger partial charge in [-0.2, -0.15) is 13.2 Å². The summed E-state index contributed by atoms with van der Waals surface area (Å²) in [6.45, 7) is 0.671. The number of aromatic nitrogens is 2. The number of amides is 2. The van der Waals surface area contributed by atoms with Gasteiger partial charge in [0.25, 0.3) is 0 Å². The highest BCUT2D eigenvalue weighted by Crippen LogP contribution is 2.37. The highest BCUT2D eigenvalue weighted by molar-refractivity contribution is 6.31. The van der Waals surface area contributed by atoms with Crippen molar-refractivity contribution in [1.29, 1.82) is 0 Å². The lowest BCUT2D eigenvalue weighted by atomic mass is 9.76. The maximum atomic E-state index is 13.4. The molecule has 0 saturated carbocycles. The number of nitrogens with zero attached hydrogens (tertiary/aromatic N) is 3. The van der Waals surface area contributed by atoms with Gasteiger partial charge < -0.3 is 15.5 Å². The number of hydrogen-bond acceptors (Lipinski definition) is 4. The zero-order chi connectivity index (χ0) is 23.1. The van der Waals surface area contributed by atoms with Gasteiger partial charge in [-0.05, 0) is 36.4 Å². The summed E-state index contributed by atoms with van der Waals surface area (Å²) in [6, 6.07) is 7.84. The zero-order valence-electron chi connectivity index (χ0n) is 16.8. The molecule has 4 rings (SSSR count). The van der Waals surface area contributed by atoms with Gasteiger partial charge in [0.15, 0.2) is 0 Å². The van der Waals surface area contributed by atoms with E-state index in [1.807, 2.05) is 0 Å². The van der Waals surface area contributed by atoms with Gasteiger partial charge in [-0.15, -0.1) is 0 Å². The molecule has 1 aliphatic heterocycles. The smallest absolute Gasteiger partial charge is 0.383 e. The van der Waals surface area contributed by atoms with Crippen LogP contribution in [0.25, 0.3) is 10.9 Å². The highest BCUT2D eigenvalue weighted by Gasteiger charge is 2.47. The predicted molar refractivity (Wildman–Crippen MR) is 112 cm³/mol. The molecule has 11 heteroatoms. The minimum atomic E-state index is -4.63. The third-order valence-electron chi connectivity index (χ3n) is 5.44. The number of hydrogen-bond donors (Lipinski definition) is 2. The third-order valence-corrected chi connectivity index (χ3v) is 5.67. The standard InChI is InChI=1S/C21H18ClF4N5O/c1-27-19(32)31-10-20(11-31,17-5-3-13(23)8-28-17)9-29-16-7-18(21(24,25)26)30-15-4-2-12(22)6-14(15)16/h2-8H,9-11H2,1H3,(H,27,32)(H,29,30). The molecule has 0 atom stereocenters. The Morgan fingerprint density at radius 3 is 2.59 bits per heavy atom. The summed E-state index contributed by atoms with van der Waals surface area (Å²) in [6.07, 6.45) is -3.56. The zero-order valence-corrected chi connectivity index (χ0v) is 17.6. The van der Waals surface area contributed by atoms with Crippen LogP contribution in [0.15, 0.2) is 42.6 Å². The molecule has 0 aliphatic carbocycles. The van der Waals surface area contributed by atoms with Crippen molar-refractivity contribution in [2.24, 2.45) is 0 Å². The van der Waals surface area contributed by atoms with E-state index in [0.29, 0.717) is 16.1 Å². The van der Waals surface area contributed by atoms with E-state index in [1.165, 1.54) is 42.3 Å². The van der Waals surface area contributed by atoms with Crippen molar-refractivity contribution in [1.82, 2.24) is 20.2 Å². The Bertz CT molecular complexity index is 1160. The fourth-order valence-corrected chi connectivity index (χ4v) is 3.97. The summed E-state index contributed by atoms with van der Waals surface area (Å²) in [5, 5.41) is 6.38. The monoisotopic (exact) mass is 467 g/mol. The van der Waals surface area contributed by atoms with Crippen LogP contribution < -0.4 is 10.6 Å². The summed E-state index contributed by atoms with van der Waals surface area (Å²) in [5.41, 5.74) is -0.887. The first-order valence-corrected chi connectivity index (χ1v) is 9.99. The van der Waals surface area contributed by atoms with Gasteiger partial charge in [0.1, 0.15) is 11.5 Å². The number of fused-ring (bicyclic) bond motifs is 1. The molecule has 0 radical (unpaired) electrons.